The molecule has 1 unspecified atom stereocenters. The number of ether oxygens (including phenoxy) is 1. The van der Waals surface area contributed by atoms with Crippen molar-refractivity contribution in [2.75, 3.05) is 13.7 Å². The highest BCUT2D eigenvalue weighted by molar-refractivity contribution is 6.21. The summed E-state index contributed by atoms with van der Waals surface area (Å²) in [6, 6.07) is 21.6. The highest BCUT2D eigenvalue weighted by Crippen LogP contribution is 2.33. The second-order valence-electron chi connectivity index (χ2n) is 9.12. The van der Waals surface area contributed by atoms with Crippen molar-refractivity contribution >= 4 is 28.7 Å². The van der Waals surface area contributed by atoms with Gasteiger partial charge in [-0.05, 0) is 48.9 Å². The highest BCUT2D eigenvalue weighted by atomic mass is 16.5. The van der Waals surface area contributed by atoms with Gasteiger partial charge in [-0.15, -0.1) is 0 Å². The number of hydrogen-bond acceptors (Lipinski definition) is 5. The van der Waals surface area contributed by atoms with E-state index in [2.05, 4.69) is 46.7 Å². The Morgan fingerprint density at radius 1 is 1.05 bits per heavy atom. The summed E-state index contributed by atoms with van der Waals surface area (Å²) in [6.07, 6.45) is 1.02. The molecule has 37 heavy (non-hydrogen) atoms. The van der Waals surface area contributed by atoms with E-state index in [-0.39, 0.29) is 24.4 Å². The van der Waals surface area contributed by atoms with Crippen LogP contribution in [0.25, 0.3) is 10.9 Å². The Morgan fingerprint density at radius 3 is 2.38 bits per heavy atom. The van der Waals surface area contributed by atoms with Gasteiger partial charge in [0.25, 0.3) is 11.8 Å². The number of fused-ring (bicyclic) bond motifs is 4. The minimum absolute atomic E-state index is 0.119. The first-order valence-electron chi connectivity index (χ1n) is 12.1. The number of aromatic amines is 1. The third-order valence-corrected chi connectivity index (χ3v) is 6.82. The largest absolute Gasteiger partial charge is 0.550 e. The Bertz CT molecular complexity index is 1480. The minimum Gasteiger partial charge on any atom is -0.550 e. The molecule has 6 rings (SSSR count). The van der Waals surface area contributed by atoms with Crippen molar-refractivity contribution < 1.29 is 29.5 Å². The Morgan fingerprint density at radius 2 is 1.70 bits per heavy atom. The molecule has 3 N–H and O–H groups in total. The van der Waals surface area contributed by atoms with E-state index in [1.165, 1.54) is 21.5 Å². The topological polar surface area (TPSA) is 119 Å². The number of imide groups is 1. The van der Waals surface area contributed by atoms with Crippen molar-refractivity contribution in [2.24, 2.45) is 0 Å². The highest BCUT2D eigenvalue weighted by Gasteiger charge is 2.36. The predicted octanol–water partition coefficient (Wildman–Crippen LogP) is 1.94. The maximum absolute atomic E-state index is 12.9. The first kappa shape index (κ1) is 24.3. The number of quaternary nitrogens is 1. The summed E-state index contributed by atoms with van der Waals surface area (Å²) in [4.78, 5) is 39.7. The normalized spacial score (nSPS) is 16.2. The molecule has 0 aliphatic carbocycles. The molecule has 1 aromatic heterocycles. The second kappa shape index (κ2) is 9.91. The summed E-state index contributed by atoms with van der Waals surface area (Å²) in [5.74, 6) is -0.932. The van der Waals surface area contributed by atoms with E-state index in [9.17, 15) is 9.59 Å². The fraction of sp³-hybridized carbons (Fsp3) is 0.207. The van der Waals surface area contributed by atoms with Crippen LogP contribution in [-0.2, 0) is 17.8 Å². The molecule has 188 valence electrons. The molecule has 0 radical (unpaired) electrons. The van der Waals surface area contributed by atoms with Crippen molar-refractivity contribution in [3.63, 3.8) is 0 Å². The number of carbonyl (C=O) groups is 3. The number of carboxylic acid groups (broad SMARTS) is 1. The van der Waals surface area contributed by atoms with Crippen molar-refractivity contribution in [3.8, 4) is 5.75 Å². The molecular weight excluding hydrogens is 470 g/mol. The van der Waals surface area contributed by atoms with Gasteiger partial charge < -0.3 is 24.9 Å². The molecular formula is C29H27N3O5. The van der Waals surface area contributed by atoms with Crippen LogP contribution in [0.3, 0.4) is 0 Å². The van der Waals surface area contributed by atoms with Crippen molar-refractivity contribution in [1.82, 2.24) is 9.88 Å². The monoisotopic (exact) mass is 497 g/mol. The summed E-state index contributed by atoms with van der Waals surface area (Å²) in [6.45, 7) is 2.15. The molecule has 0 spiro atoms. The van der Waals surface area contributed by atoms with E-state index < -0.39 is 5.97 Å². The maximum atomic E-state index is 12.9. The number of para-hydroxylation sites is 1. The van der Waals surface area contributed by atoms with Crippen molar-refractivity contribution in [3.05, 3.63) is 100 Å². The Hall–Kier alpha value is -4.43. The molecule has 4 aromatic rings. The number of nitrogens with zero attached hydrogens (tertiary/aromatic N) is 1. The van der Waals surface area contributed by atoms with Crippen molar-refractivity contribution in [1.29, 1.82) is 0 Å². The predicted molar refractivity (Wildman–Crippen MR) is 135 cm³/mol. The molecule has 0 saturated carbocycles. The lowest BCUT2D eigenvalue weighted by Gasteiger charge is -2.23. The number of nitrogens with two attached hydrogens (primary N) is 1. The second-order valence-corrected chi connectivity index (χ2v) is 9.12. The molecule has 3 heterocycles. The van der Waals surface area contributed by atoms with Crippen LogP contribution in [0.1, 0.15) is 56.1 Å². The molecule has 3 aromatic carbocycles. The molecule has 2 amide bonds. The Balaban J connectivity index is 0.000000655. The summed E-state index contributed by atoms with van der Waals surface area (Å²) in [5, 5.41) is 12.5. The number of carboxylic acids is 1. The number of H-pyrrole nitrogens is 1. The van der Waals surface area contributed by atoms with E-state index in [4.69, 9.17) is 14.6 Å². The van der Waals surface area contributed by atoms with E-state index in [0.717, 1.165) is 36.5 Å². The number of nitrogens with one attached hydrogen (secondary N) is 1. The van der Waals surface area contributed by atoms with Gasteiger partial charge in [-0.1, -0.05) is 30.3 Å². The number of methoxy groups -OCH3 is 1. The minimum atomic E-state index is -1.08. The first-order valence-corrected chi connectivity index (χ1v) is 12.1. The SMILES string of the molecule is CC(=O)[O-].COc1ccc(C2[NH2+]CCc3c2[nH]c2ccccc32)cc1CN1C(=O)c2ccccc2C1=O. The zero-order valence-corrected chi connectivity index (χ0v) is 20.6. The van der Waals surface area contributed by atoms with E-state index in [1.807, 2.05) is 6.07 Å². The quantitative estimate of drug-likeness (QED) is 0.418. The van der Waals surface area contributed by atoms with Gasteiger partial charge in [0.2, 0.25) is 0 Å². The molecule has 8 nitrogen and oxygen atoms in total. The number of aliphatic carboxylic acids is 1. The molecule has 8 heteroatoms. The van der Waals surface area contributed by atoms with Crippen LogP contribution in [0, 0.1) is 0 Å². The van der Waals surface area contributed by atoms with Gasteiger partial charge in [-0.25, -0.2) is 0 Å². The smallest absolute Gasteiger partial charge is 0.261 e. The Kier molecular flexibility index (Phi) is 6.50. The fourth-order valence-corrected chi connectivity index (χ4v) is 5.24. The van der Waals surface area contributed by atoms with Crippen LogP contribution in [0.4, 0.5) is 0 Å². The van der Waals surface area contributed by atoms with Gasteiger partial charge in [0, 0.05) is 34.4 Å². The lowest BCUT2D eigenvalue weighted by Crippen LogP contribution is -2.87. The summed E-state index contributed by atoms with van der Waals surface area (Å²) in [5.41, 5.74) is 6.61. The van der Waals surface area contributed by atoms with Gasteiger partial charge in [0.15, 0.2) is 6.04 Å². The number of aromatic nitrogens is 1. The summed E-state index contributed by atoms with van der Waals surface area (Å²) < 4.78 is 5.60. The lowest BCUT2D eigenvalue weighted by atomic mass is 9.93. The maximum Gasteiger partial charge on any atom is 0.261 e. The van der Waals surface area contributed by atoms with Crippen LogP contribution in [0.15, 0.2) is 66.7 Å². The van der Waals surface area contributed by atoms with Gasteiger partial charge in [0.05, 0.1) is 37.0 Å². The fourth-order valence-electron chi connectivity index (χ4n) is 5.24. The van der Waals surface area contributed by atoms with Crippen LogP contribution in [-0.4, -0.2) is 41.3 Å². The standard InChI is InChI=1S/C27H23N3O3.C2H4O2/c1-33-23-11-10-16(24-25-19(12-13-28-24)18-6-4-5-9-22(18)29-25)14-17(23)15-30-26(31)20-7-2-3-8-21(20)27(30)32;1-2(3)4/h2-11,14,24,28-29H,12-13,15H2,1H3;1H3,(H,3,4). The first-order chi connectivity index (χ1) is 17.9. The lowest BCUT2D eigenvalue weighted by molar-refractivity contribution is -0.690. The third-order valence-electron chi connectivity index (χ3n) is 6.82. The van der Waals surface area contributed by atoms with E-state index >= 15 is 0 Å². The molecule has 2 aliphatic heterocycles. The van der Waals surface area contributed by atoms with Gasteiger partial charge in [0.1, 0.15) is 5.75 Å². The number of carbonyl (C=O) groups excluding carboxylic acids is 3. The molecule has 0 saturated heterocycles. The molecule has 0 bridgehead atoms. The van der Waals surface area contributed by atoms with Crippen LogP contribution in [0.2, 0.25) is 0 Å². The van der Waals surface area contributed by atoms with Crippen molar-refractivity contribution in [2.45, 2.75) is 25.9 Å². The molecule has 1 atom stereocenters. The number of rotatable bonds is 4. The summed E-state index contributed by atoms with van der Waals surface area (Å²) >= 11 is 0. The zero-order valence-electron chi connectivity index (χ0n) is 20.6. The van der Waals surface area contributed by atoms with Crippen LogP contribution < -0.4 is 15.2 Å². The van der Waals surface area contributed by atoms with Crippen LogP contribution in [0.5, 0.6) is 5.75 Å². The average molecular weight is 498 g/mol. The van der Waals surface area contributed by atoms with Crippen LogP contribution >= 0.6 is 0 Å². The number of benzene rings is 3. The van der Waals surface area contributed by atoms with Gasteiger partial charge in [-0.3, -0.25) is 14.5 Å². The molecule has 0 fully saturated rings. The molecule has 2 aliphatic rings. The van der Waals surface area contributed by atoms with Gasteiger partial charge >= 0.3 is 0 Å². The Labute approximate surface area is 213 Å². The van der Waals surface area contributed by atoms with E-state index in [1.54, 1.807) is 31.4 Å². The van der Waals surface area contributed by atoms with E-state index in [0.29, 0.717) is 16.9 Å². The third kappa shape index (κ3) is 4.47. The van der Waals surface area contributed by atoms with Gasteiger partial charge in [-0.2, -0.15) is 0 Å². The zero-order chi connectivity index (χ0) is 26.1. The number of hydrogen-bond donors (Lipinski definition) is 2. The summed E-state index contributed by atoms with van der Waals surface area (Å²) in [7, 11) is 1.61. The average Bonchev–Trinajstić information content (AvgIpc) is 3.39. The number of amides is 2.